The molecule has 4 aliphatic heterocycles. The van der Waals surface area contributed by atoms with Crippen LogP contribution in [0.4, 0.5) is 0 Å². The first kappa shape index (κ1) is 40.2. The zero-order chi connectivity index (χ0) is 38.6. The Labute approximate surface area is 316 Å². The Morgan fingerprint density at radius 3 is 1.87 bits per heavy atom. The molecule has 4 heterocycles. The third kappa shape index (κ3) is 6.09. The predicted octanol–water partition coefficient (Wildman–Crippen LogP) is -0.616. The number of hydrogen-bond acceptors (Lipinski definition) is 15. The van der Waals surface area contributed by atoms with E-state index in [1.807, 2.05) is 0 Å². The van der Waals surface area contributed by atoms with Crippen molar-refractivity contribution >= 4 is 0 Å². The Balaban J connectivity index is 1.07. The van der Waals surface area contributed by atoms with Gasteiger partial charge in [-0.1, -0.05) is 27.7 Å². The molecule has 8 fully saturated rings. The molecule has 0 amide bonds. The zero-order valence-corrected chi connectivity index (χ0v) is 31.9. The number of fused-ring (bicyclic) bond motifs is 7. The van der Waals surface area contributed by atoms with Crippen LogP contribution in [0.15, 0.2) is 0 Å². The minimum Gasteiger partial charge on any atom is -0.394 e. The number of ether oxygens (including phenoxy) is 6. The summed E-state index contributed by atoms with van der Waals surface area (Å²) in [5.74, 6) is 0.156. The normalized spacial score (nSPS) is 60.1. The van der Waals surface area contributed by atoms with Crippen molar-refractivity contribution in [3.63, 3.8) is 0 Å². The first-order valence-corrected chi connectivity index (χ1v) is 20.5. The molecule has 15 heteroatoms. The van der Waals surface area contributed by atoms with Crippen LogP contribution in [-0.4, -0.2) is 157 Å². The second-order valence-electron chi connectivity index (χ2n) is 19.0. The lowest BCUT2D eigenvalue weighted by molar-refractivity contribution is -0.335. The van der Waals surface area contributed by atoms with E-state index in [1.54, 1.807) is 0 Å². The number of rotatable bonds is 6. The Kier molecular flexibility index (Phi) is 10.9. The smallest absolute Gasteiger partial charge is 0.197 e. The van der Waals surface area contributed by atoms with Gasteiger partial charge in [-0.25, -0.2) is 0 Å². The van der Waals surface area contributed by atoms with Crippen LogP contribution in [0.25, 0.3) is 0 Å². The summed E-state index contributed by atoms with van der Waals surface area (Å²) in [6, 6.07) is 0. The van der Waals surface area contributed by atoms with Gasteiger partial charge in [-0.3, -0.25) is 0 Å². The van der Waals surface area contributed by atoms with Crippen LogP contribution in [0, 0.1) is 52.3 Å². The van der Waals surface area contributed by atoms with Crippen molar-refractivity contribution < 1.29 is 74.4 Å². The molecular weight excluding hydrogens is 708 g/mol. The molecule has 8 aliphatic rings. The largest absolute Gasteiger partial charge is 0.394 e. The lowest BCUT2D eigenvalue weighted by Gasteiger charge is -2.63. The fourth-order valence-electron chi connectivity index (χ4n) is 13.4. The second-order valence-corrected chi connectivity index (χ2v) is 19.0. The molecule has 54 heavy (non-hydrogen) atoms. The van der Waals surface area contributed by atoms with Crippen LogP contribution in [0.3, 0.4) is 0 Å². The van der Waals surface area contributed by atoms with Gasteiger partial charge < -0.3 is 74.4 Å². The fraction of sp³-hybridized carbons (Fsp3) is 1.00. The molecule has 0 bridgehead atoms. The molecule has 0 aromatic carbocycles. The van der Waals surface area contributed by atoms with Crippen LogP contribution in [-0.2, 0) is 28.4 Å². The molecule has 4 aliphatic carbocycles. The average Bonchev–Trinajstić information content (AvgIpc) is 3.60. The maximum Gasteiger partial charge on any atom is 0.197 e. The van der Waals surface area contributed by atoms with Crippen LogP contribution < -0.4 is 0 Å². The van der Waals surface area contributed by atoms with Crippen LogP contribution in [0.1, 0.15) is 79.1 Å². The topological polar surface area (TPSA) is 237 Å². The lowest BCUT2D eigenvalue weighted by atomic mass is 9.43. The first-order valence-electron chi connectivity index (χ1n) is 20.5. The highest BCUT2D eigenvalue weighted by Gasteiger charge is 2.71. The summed E-state index contributed by atoms with van der Waals surface area (Å²) in [7, 11) is 0. The van der Waals surface area contributed by atoms with Gasteiger partial charge in [0.15, 0.2) is 18.4 Å². The monoisotopic (exact) mass is 772 g/mol. The molecular formula is C39H64O15. The molecule has 1 spiro atoms. The Hall–Kier alpha value is -0.600. The van der Waals surface area contributed by atoms with Gasteiger partial charge in [0.25, 0.3) is 0 Å². The van der Waals surface area contributed by atoms with Gasteiger partial charge in [0.1, 0.15) is 54.9 Å². The van der Waals surface area contributed by atoms with E-state index in [0.29, 0.717) is 38.2 Å². The number of aliphatic hydroxyl groups is 9. The van der Waals surface area contributed by atoms with E-state index in [4.69, 9.17) is 28.4 Å². The van der Waals surface area contributed by atoms with Crippen molar-refractivity contribution in [2.75, 3.05) is 19.8 Å². The average molecular weight is 773 g/mol. The quantitative estimate of drug-likeness (QED) is 0.153. The molecule has 310 valence electrons. The molecule has 0 radical (unpaired) electrons. The van der Waals surface area contributed by atoms with Gasteiger partial charge >= 0.3 is 0 Å². The van der Waals surface area contributed by atoms with Crippen LogP contribution >= 0.6 is 0 Å². The highest BCUT2D eigenvalue weighted by molar-refractivity contribution is 5.17. The van der Waals surface area contributed by atoms with Gasteiger partial charge in [-0.05, 0) is 97.7 Å². The van der Waals surface area contributed by atoms with E-state index in [1.165, 1.54) is 0 Å². The Morgan fingerprint density at radius 1 is 0.648 bits per heavy atom. The van der Waals surface area contributed by atoms with Crippen molar-refractivity contribution in [1.29, 1.82) is 0 Å². The maximum atomic E-state index is 11.3. The molecule has 4 saturated carbocycles. The molecule has 9 N–H and O–H groups in total. The lowest BCUT2D eigenvalue weighted by Crippen LogP contribution is -2.63. The zero-order valence-electron chi connectivity index (χ0n) is 31.9. The third-order valence-corrected chi connectivity index (χ3v) is 16.2. The first-order chi connectivity index (χ1) is 25.6. The fourth-order valence-corrected chi connectivity index (χ4v) is 13.4. The number of aliphatic hydroxyl groups excluding tert-OH is 9. The van der Waals surface area contributed by atoms with Crippen molar-refractivity contribution in [3.8, 4) is 0 Å². The summed E-state index contributed by atoms with van der Waals surface area (Å²) in [5.41, 5.74) is -0.330. The van der Waals surface area contributed by atoms with Crippen molar-refractivity contribution in [1.82, 2.24) is 0 Å². The van der Waals surface area contributed by atoms with E-state index in [0.717, 1.165) is 25.7 Å². The molecule has 0 aromatic heterocycles. The summed E-state index contributed by atoms with van der Waals surface area (Å²) in [4.78, 5) is 0. The van der Waals surface area contributed by atoms with E-state index in [-0.39, 0.29) is 52.4 Å². The molecule has 24 unspecified atom stereocenters. The van der Waals surface area contributed by atoms with Crippen LogP contribution in [0.2, 0.25) is 0 Å². The summed E-state index contributed by atoms with van der Waals surface area (Å²) in [6.07, 6.45) is -9.78. The minimum absolute atomic E-state index is 0.000329. The van der Waals surface area contributed by atoms with Gasteiger partial charge in [0, 0.05) is 5.92 Å². The van der Waals surface area contributed by atoms with Gasteiger partial charge in [-0.2, -0.15) is 0 Å². The SMILES string of the molecule is CC1COC2(OC3CC4C5CC(OC6OC(CO)C(O)C(O)C6O)C6CC(OC7OC(CO)C(O)C(O)C7O)CCC6(C)C5CCC4(C)C3C2C)C(O)C1. The van der Waals surface area contributed by atoms with E-state index < -0.39 is 98.7 Å². The van der Waals surface area contributed by atoms with Gasteiger partial charge in [0.2, 0.25) is 0 Å². The third-order valence-electron chi connectivity index (χ3n) is 16.2. The highest BCUT2D eigenvalue weighted by atomic mass is 16.7. The van der Waals surface area contributed by atoms with Gasteiger partial charge in [-0.15, -0.1) is 0 Å². The molecule has 0 aromatic rings. The molecule has 4 saturated heterocycles. The van der Waals surface area contributed by atoms with Crippen molar-refractivity contribution in [2.24, 2.45) is 52.3 Å². The maximum absolute atomic E-state index is 11.3. The van der Waals surface area contributed by atoms with E-state index in [2.05, 4.69) is 27.7 Å². The molecule has 15 nitrogen and oxygen atoms in total. The second kappa shape index (κ2) is 14.6. The Bertz CT molecular complexity index is 1340. The van der Waals surface area contributed by atoms with E-state index in [9.17, 15) is 46.0 Å². The number of hydrogen-bond donors (Lipinski definition) is 9. The standard InChI is InChI=1S/C39H64O15/c1-16-9-27(42)39(49-15-16)17(2)28-24(54-39)12-21-19-11-23(51-36-34(48)32(46)30(44)26(14-41)53-36)22-10-18(5-7-37(22,3)20(19)6-8-38(21,28)4)50-35-33(47)31(45)29(43)25(13-40)52-35/h16-36,40-48H,5-15H2,1-4H3. The summed E-state index contributed by atoms with van der Waals surface area (Å²) in [6.45, 7) is 8.39. The molecule has 24 atom stereocenters. The minimum atomic E-state index is -1.59. The summed E-state index contributed by atoms with van der Waals surface area (Å²) < 4.78 is 37.9. The van der Waals surface area contributed by atoms with Crippen LogP contribution in [0.5, 0.6) is 0 Å². The van der Waals surface area contributed by atoms with Gasteiger partial charge in [0.05, 0.1) is 38.1 Å². The van der Waals surface area contributed by atoms with E-state index >= 15 is 0 Å². The highest BCUT2D eigenvalue weighted by Crippen LogP contribution is 2.71. The van der Waals surface area contributed by atoms with Crippen molar-refractivity contribution in [3.05, 3.63) is 0 Å². The van der Waals surface area contributed by atoms with Crippen molar-refractivity contribution in [2.45, 2.75) is 171 Å². The Morgan fingerprint density at radius 2 is 1.26 bits per heavy atom. The molecule has 8 rings (SSSR count). The summed E-state index contributed by atoms with van der Waals surface area (Å²) >= 11 is 0. The predicted molar refractivity (Wildman–Crippen MR) is 186 cm³/mol. The summed E-state index contributed by atoms with van der Waals surface area (Å²) in [5, 5.41) is 94.9.